The summed E-state index contributed by atoms with van der Waals surface area (Å²) < 4.78 is 2.09. The Morgan fingerprint density at radius 3 is 2.65 bits per heavy atom. The highest BCUT2D eigenvalue weighted by molar-refractivity contribution is 5.15. The first-order valence-corrected chi connectivity index (χ1v) is 7.64. The first kappa shape index (κ1) is 14.8. The third-order valence-electron chi connectivity index (χ3n) is 3.66. The molecule has 0 amide bonds. The van der Waals surface area contributed by atoms with E-state index < -0.39 is 0 Å². The maximum Gasteiger partial charge on any atom is 0.0553 e. The lowest BCUT2D eigenvalue weighted by Gasteiger charge is -2.19. The predicted molar refractivity (Wildman–Crippen MR) is 83.7 cm³/mol. The van der Waals surface area contributed by atoms with E-state index in [0.717, 1.165) is 25.9 Å². The standard InChI is InChI=1S/C17H25N3/c1-3-18-16(17-13-14-19-20(17)4-2)12-8-11-15-9-6-5-7-10-15/h5-7,9-10,13-14,16,18H,3-4,8,11-12H2,1-2H3. The number of benzene rings is 1. The van der Waals surface area contributed by atoms with Crippen LogP contribution in [0.25, 0.3) is 0 Å². The van der Waals surface area contributed by atoms with Gasteiger partial charge in [-0.2, -0.15) is 5.10 Å². The van der Waals surface area contributed by atoms with Gasteiger partial charge in [0.05, 0.1) is 5.69 Å². The smallest absolute Gasteiger partial charge is 0.0553 e. The molecule has 1 aromatic heterocycles. The van der Waals surface area contributed by atoms with Crippen LogP contribution in [0, 0.1) is 0 Å². The Kier molecular flexibility index (Phi) is 5.81. The zero-order valence-electron chi connectivity index (χ0n) is 12.5. The van der Waals surface area contributed by atoms with Crippen LogP contribution < -0.4 is 5.32 Å². The molecule has 0 saturated carbocycles. The largest absolute Gasteiger partial charge is 0.309 e. The van der Waals surface area contributed by atoms with E-state index in [2.05, 4.69) is 65.3 Å². The van der Waals surface area contributed by atoms with Gasteiger partial charge in [-0.3, -0.25) is 4.68 Å². The van der Waals surface area contributed by atoms with Gasteiger partial charge in [0, 0.05) is 18.8 Å². The summed E-state index contributed by atoms with van der Waals surface area (Å²) in [5.74, 6) is 0. The molecule has 108 valence electrons. The molecule has 0 spiro atoms. The van der Waals surface area contributed by atoms with Gasteiger partial charge < -0.3 is 5.32 Å². The molecule has 1 atom stereocenters. The van der Waals surface area contributed by atoms with Crippen LogP contribution in [0.5, 0.6) is 0 Å². The second-order valence-corrected chi connectivity index (χ2v) is 5.06. The lowest BCUT2D eigenvalue weighted by molar-refractivity contribution is 0.455. The molecular weight excluding hydrogens is 246 g/mol. The number of hydrogen-bond acceptors (Lipinski definition) is 2. The molecule has 0 bridgehead atoms. The van der Waals surface area contributed by atoms with Crippen molar-refractivity contribution in [3.05, 3.63) is 53.9 Å². The minimum Gasteiger partial charge on any atom is -0.309 e. The minimum absolute atomic E-state index is 0.408. The van der Waals surface area contributed by atoms with E-state index in [0.29, 0.717) is 6.04 Å². The van der Waals surface area contributed by atoms with Crippen molar-refractivity contribution in [2.24, 2.45) is 0 Å². The molecule has 0 aliphatic heterocycles. The fourth-order valence-electron chi connectivity index (χ4n) is 2.66. The molecule has 0 aliphatic carbocycles. The number of aromatic nitrogens is 2. The van der Waals surface area contributed by atoms with Gasteiger partial charge in [-0.05, 0) is 44.4 Å². The van der Waals surface area contributed by atoms with Gasteiger partial charge in [-0.25, -0.2) is 0 Å². The number of hydrogen-bond donors (Lipinski definition) is 1. The summed E-state index contributed by atoms with van der Waals surface area (Å²) in [4.78, 5) is 0. The van der Waals surface area contributed by atoms with Crippen molar-refractivity contribution in [3.8, 4) is 0 Å². The van der Waals surface area contributed by atoms with Crippen LogP contribution in [-0.4, -0.2) is 16.3 Å². The normalized spacial score (nSPS) is 12.5. The minimum atomic E-state index is 0.408. The fourth-order valence-corrected chi connectivity index (χ4v) is 2.66. The number of aryl methyl sites for hydroxylation is 2. The zero-order chi connectivity index (χ0) is 14.2. The second kappa shape index (κ2) is 7.85. The van der Waals surface area contributed by atoms with E-state index in [1.165, 1.54) is 17.7 Å². The summed E-state index contributed by atoms with van der Waals surface area (Å²) in [6.45, 7) is 6.23. The number of nitrogens with zero attached hydrogens (tertiary/aromatic N) is 2. The molecule has 2 aromatic rings. The highest BCUT2D eigenvalue weighted by atomic mass is 15.3. The summed E-state index contributed by atoms with van der Waals surface area (Å²) in [5.41, 5.74) is 2.73. The van der Waals surface area contributed by atoms with Gasteiger partial charge in [0.1, 0.15) is 0 Å². The molecular formula is C17H25N3. The topological polar surface area (TPSA) is 29.9 Å². The molecule has 1 aromatic carbocycles. The molecule has 1 unspecified atom stereocenters. The summed E-state index contributed by atoms with van der Waals surface area (Å²) in [6, 6.07) is 13.3. The van der Waals surface area contributed by atoms with Crippen LogP contribution in [0.3, 0.4) is 0 Å². The number of rotatable bonds is 8. The van der Waals surface area contributed by atoms with E-state index in [1.807, 2.05) is 6.20 Å². The molecule has 0 aliphatic rings. The summed E-state index contributed by atoms with van der Waals surface area (Å²) in [7, 11) is 0. The van der Waals surface area contributed by atoms with Crippen molar-refractivity contribution >= 4 is 0 Å². The van der Waals surface area contributed by atoms with E-state index in [1.54, 1.807) is 0 Å². The highest BCUT2D eigenvalue weighted by Gasteiger charge is 2.14. The Morgan fingerprint density at radius 1 is 1.15 bits per heavy atom. The third-order valence-corrected chi connectivity index (χ3v) is 3.66. The van der Waals surface area contributed by atoms with Gasteiger partial charge >= 0.3 is 0 Å². The maximum absolute atomic E-state index is 4.38. The van der Waals surface area contributed by atoms with Gasteiger partial charge in [-0.15, -0.1) is 0 Å². The first-order valence-electron chi connectivity index (χ1n) is 7.64. The van der Waals surface area contributed by atoms with E-state index >= 15 is 0 Å². The Labute approximate surface area is 122 Å². The van der Waals surface area contributed by atoms with Gasteiger partial charge in [0.15, 0.2) is 0 Å². The summed E-state index contributed by atoms with van der Waals surface area (Å²) in [5, 5.41) is 7.97. The van der Waals surface area contributed by atoms with Crippen LogP contribution >= 0.6 is 0 Å². The molecule has 20 heavy (non-hydrogen) atoms. The SMILES string of the molecule is CCNC(CCCc1ccccc1)c1ccnn1CC. The molecule has 3 nitrogen and oxygen atoms in total. The Bertz CT molecular complexity index is 490. The highest BCUT2D eigenvalue weighted by Crippen LogP contribution is 2.19. The van der Waals surface area contributed by atoms with E-state index in [9.17, 15) is 0 Å². The molecule has 1 heterocycles. The third kappa shape index (κ3) is 3.94. The van der Waals surface area contributed by atoms with Gasteiger partial charge in [-0.1, -0.05) is 37.3 Å². The molecule has 0 fully saturated rings. The molecule has 3 heteroatoms. The Morgan fingerprint density at radius 2 is 1.95 bits per heavy atom. The molecule has 2 rings (SSSR count). The van der Waals surface area contributed by atoms with Crippen LogP contribution in [0.4, 0.5) is 0 Å². The van der Waals surface area contributed by atoms with Crippen LogP contribution in [0.15, 0.2) is 42.6 Å². The van der Waals surface area contributed by atoms with Crippen molar-refractivity contribution in [2.75, 3.05) is 6.54 Å². The summed E-state index contributed by atoms with van der Waals surface area (Å²) in [6.07, 6.45) is 5.38. The molecule has 0 saturated heterocycles. The van der Waals surface area contributed by atoms with Gasteiger partial charge in [0.25, 0.3) is 0 Å². The molecule has 0 radical (unpaired) electrons. The monoisotopic (exact) mass is 271 g/mol. The van der Waals surface area contributed by atoms with Crippen molar-refractivity contribution < 1.29 is 0 Å². The maximum atomic E-state index is 4.38. The Balaban J connectivity index is 1.93. The predicted octanol–water partition coefficient (Wildman–Crippen LogP) is 3.58. The quantitative estimate of drug-likeness (QED) is 0.795. The zero-order valence-corrected chi connectivity index (χ0v) is 12.5. The summed E-state index contributed by atoms with van der Waals surface area (Å²) >= 11 is 0. The van der Waals surface area contributed by atoms with E-state index in [-0.39, 0.29) is 0 Å². The van der Waals surface area contributed by atoms with E-state index in [4.69, 9.17) is 0 Å². The molecule has 1 N–H and O–H groups in total. The average molecular weight is 271 g/mol. The van der Waals surface area contributed by atoms with Gasteiger partial charge in [0.2, 0.25) is 0 Å². The number of nitrogens with one attached hydrogen (secondary N) is 1. The first-order chi connectivity index (χ1) is 9.85. The van der Waals surface area contributed by atoms with Crippen molar-refractivity contribution in [1.29, 1.82) is 0 Å². The van der Waals surface area contributed by atoms with Crippen molar-refractivity contribution in [2.45, 2.75) is 45.7 Å². The van der Waals surface area contributed by atoms with Crippen molar-refractivity contribution in [3.63, 3.8) is 0 Å². The second-order valence-electron chi connectivity index (χ2n) is 5.06. The Hall–Kier alpha value is -1.61. The van der Waals surface area contributed by atoms with Crippen LogP contribution in [0.2, 0.25) is 0 Å². The lowest BCUT2D eigenvalue weighted by atomic mass is 10.0. The fraction of sp³-hybridized carbons (Fsp3) is 0.471. The average Bonchev–Trinajstić information content (AvgIpc) is 2.96. The van der Waals surface area contributed by atoms with Crippen molar-refractivity contribution in [1.82, 2.24) is 15.1 Å². The van der Waals surface area contributed by atoms with Crippen LogP contribution in [0.1, 0.15) is 44.0 Å². The lowest BCUT2D eigenvalue weighted by Crippen LogP contribution is -2.24. The van der Waals surface area contributed by atoms with Crippen LogP contribution in [-0.2, 0) is 13.0 Å².